The molecule has 2 aromatic rings. The van der Waals surface area contributed by atoms with Gasteiger partial charge in [0.2, 0.25) is 0 Å². The number of rotatable bonds is 1. The van der Waals surface area contributed by atoms with Crippen LogP contribution in [0.2, 0.25) is 0 Å². The van der Waals surface area contributed by atoms with Crippen LogP contribution in [0.3, 0.4) is 0 Å². The van der Waals surface area contributed by atoms with E-state index in [0.717, 1.165) is 0 Å². The normalized spacial score (nSPS) is 10.5. The summed E-state index contributed by atoms with van der Waals surface area (Å²) in [6.45, 7) is 0. The van der Waals surface area contributed by atoms with Crippen molar-refractivity contribution in [2.75, 3.05) is 0 Å². The fraction of sp³-hybridized carbons (Fsp3) is 0. The Hall–Kier alpha value is -2.04. The minimum Gasteiger partial charge on any atom is -0.477 e. The number of hydrogen-bond acceptors (Lipinski definition) is 2. The Bertz CT molecular complexity index is 523. The summed E-state index contributed by atoms with van der Waals surface area (Å²) in [7, 11) is 0. The number of aromatic nitrogens is 2. The van der Waals surface area contributed by atoms with E-state index in [1.165, 1.54) is 16.8 Å². The Kier molecular flexibility index (Phi) is 1.45. The van der Waals surface area contributed by atoms with Gasteiger partial charge in [-0.25, -0.2) is 4.79 Å². The molecule has 0 atom stereocenters. The van der Waals surface area contributed by atoms with E-state index in [4.69, 9.17) is 5.11 Å². The number of carboxylic acid groups (broad SMARTS) is 1. The van der Waals surface area contributed by atoms with Crippen LogP contribution in [-0.2, 0) is 0 Å². The summed E-state index contributed by atoms with van der Waals surface area (Å²) < 4.78 is 1.25. The van der Waals surface area contributed by atoms with Gasteiger partial charge in [0.1, 0.15) is 11.2 Å². The zero-order valence-corrected chi connectivity index (χ0v) is 6.52. The Morgan fingerprint density at radius 2 is 2.31 bits per heavy atom. The smallest absolute Gasteiger partial charge is 0.342 e. The molecule has 0 amide bonds. The van der Waals surface area contributed by atoms with E-state index in [2.05, 4.69) is 4.98 Å². The fourth-order valence-corrected chi connectivity index (χ4v) is 1.17. The highest BCUT2D eigenvalue weighted by Gasteiger charge is 2.09. The SMILES string of the molecule is O=C(O)c1c[nH]c2cccn2c1=O. The molecular weight excluding hydrogens is 172 g/mol. The molecule has 5 nitrogen and oxygen atoms in total. The summed E-state index contributed by atoms with van der Waals surface area (Å²) in [5.74, 6) is -1.23. The predicted octanol–water partition coefficient (Wildman–Crippen LogP) is 0.326. The summed E-state index contributed by atoms with van der Waals surface area (Å²) in [6.07, 6.45) is 2.71. The van der Waals surface area contributed by atoms with Gasteiger partial charge in [-0.15, -0.1) is 0 Å². The molecule has 0 fully saturated rings. The van der Waals surface area contributed by atoms with Crippen molar-refractivity contribution in [1.29, 1.82) is 0 Å². The number of H-pyrrole nitrogens is 1. The Morgan fingerprint density at radius 1 is 1.54 bits per heavy atom. The third-order valence-corrected chi connectivity index (χ3v) is 1.79. The number of nitrogens with zero attached hydrogens (tertiary/aromatic N) is 1. The minimum absolute atomic E-state index is 0.260. The van der Waals surface area contributed by atoms with Gasteiger partial charge in [-0.2, -0.15) is 0 Å². The maximum atomic E-state index is 11.4. The van der Waals surface area contributed by atoms with Crippen LogP contribution in [0.25, 0.3) is 5.65 Å². The van der Waals surface area contributed by atoms with E-state index >= 15 is 0 Å². The van der Waals surface area contributed by atoms with Crippen LogP contribution in [0.15, 0.2) is 29.3 Å². The lowest BCUT2D eigenvalue weighted by molar-refractivity contribution is 0.0694. The topological polar surface area (TPSA) is 74.6 Å². The predicted molar refractivity (Wildman–Crippen MR) is 45.0 cm³/mol. The lowest BCUT2D eigenvalue weighted by atomic mass is 10.3. The minimum atomic E-state index is -1.23. The molecule has 2 aromatic heterocycles. The van der Waals surface area contributed by atoms with Crippen LogP contribution in [0.5, 0.6) is 0 Å². The molecule has 0 aliphatic carbocycles. The lowest BCUT2D eigenvalue weighted by Gasteiger charge is -1.96. The van der Waals surface area contributed by atoms with Crippen molar-refractivity contribution in [2.45, 2.75) is 0 Å². The van der Waals surface area contributed by atoms with Gasteiger partial charge in [0.15, 0.2) is 0 Å². The zero-order chi connectivity index (χ0) is 9.42. The molecule has 0 aliphatic heterocycles. The molecule has 66 valence electrons. The van der Waals surface area contributed by atoms with Crippen LogP contribution in [-0.4, -0.2) is 20.5 Å². The average molecular weight is 178 g/mol. The third kappa shape index (κ3) is 1.01. The summed E-state index contributed by atoms with van der Waals surface area (Å²) in [5, 5.41) is 8.63. The van der Waals surface area contributed by atoms with Crippen molar-refractivity contribution in [1.82, 2.24) is 9.38 Å². The summed E-state index contributed by atoms with van der Waals surface area (Å²) >= 11 is 0. The summed E-state index contributed by atoms with van der Waals surface area (Å²) in [6, 6.07) is 3.35. The summed E-state index contributed by atoms with van der Waals surface area (Å²) in [5.41, 5.74) is -0.204. The highest BCUT2D eigenvalue weighted by Crippen LogP contribution is 1.97. The lowest BCUT2D eigenvalue weighted by Crippen LogP contribution is -2.21. The molecular formula is C8H6N2O3. The zero-order valence-electron chi connectivity index (χ0n) is 6.52. The quantitative estimate of drug-likeness (QED) is 0.660. The molecule has 0 saturated heterocycles. The second-order valence-electron chi connectivity index (χ2n) is 2.58. The van der Waals surface area contributed by atoms with E-state index < -0.39 is 11.5 Å². The van der Waals surface area contributed by atoms with Crippen molar-refractivity contribution in [3.63, 3.8) is 0 Å². The van der Waals surface area contributed by atoms with E-state index in [1.54, 1.807) is 12.1 Å². The maximum absolute atomic E-state index is 11.4. The number of carboxylic acids is 1. The number of nitrogens with one attached hydrogen (secondary N) is 1. The highest BCUT2D eigenvalue weighted by molar-refractivity contribution is 5.86. The van der Waals surface area contributed by atoms with Gasteiger partial charge in [-0.1, -0.05) is 0 Å². The van der Waals surface area contributed by atoms with Crippen molar-refractivity contribution >= 4 is 11.6 Å². The molecule has 2 N–H and O–H groups in total. The van der Waals surface area contributed by atoms with Crippen molar-refractivity contribution in [3.05, 3.63) is 40.4 Å². The van der Waals surface area contributed by atoms with Crippen LogP contribution in [0.1, 0.15) is 10.4 Å². The van der Waals surface area contributed by atoms with Crippen LogP contribution in [0, 0.1) is 0 Å². The van der Waals surface area contributed by atoms with Crippen LogP contribution < -0.4 is 5.56 Å². The van der Waals surface area contributed by atoms with Gasteiger partial charge in [0, 0.05) is 12.4 Å². The molecule has 13 heavy (non-hydrogen) atoms. The first kappa shape index (κ1) is 7.60. The molecule has 2 heterocycles. The molecule has 0 unspecified atom stereocenters. The van der Waals surface area contributed by atoms with E-state index in [1.807, 2.05) is 0 Å². The third-order valence-electron chi connectivity index (χ3n) is 1.79. The first-order chi connectivity index (χ1) is 6.20. The van der Waals surface area contributed by atoms with Gasteiger partial charge in [0.25, 0.3) is 5.56 Å². The Morgan fingerprint density at radius 3 is 3.00 bits per heavy atom. The van der Waals surface area contributed by atoms with Crippen LogP contribution in [0.4, 0.5) is 0 Å². The largest absolute Gasteiger partial charge is 0.477 e. The van der Waals surface area contributed by atoms with Gasteiger partial charge < -0.3 is 10.1 Å². The standard InChI is InChI=1S/C8H6N2O3/c11-7-5(8(12)13)4-9-6-2-1-3-10(6)7/h1-4,9H,(H,12,13). The number of aromatic amines is 1. The second kappa shape index (κ2) is 2.48. The molecule has 0 spiro atoms. The highest BCUT2D eigenvalue weighted by atomic mass is 16.4. The van der Waals surface area contributed by atoms with Gasteiger partial charge in [0.05, 0.1) is 0 Å². The van der Waals surface area contributed by atoms with Crippen molar-refractivity contribution in [2.24, 2.45) is 0 Å². The first-order valence-corrected chi connectivity index (χ1v) is 3.62. The summed E-state index contributed by atoms with van der Waals surface area (Å²) in [4.78, 5) is 24.7. The monoisotopic (exact) mass is 178 g/mol. The maximum Gasteiger partial charge on any atom is 0.342 e. The van der Waals surface area contributed by atoms with E-state index in [0.29, 0.717) is 5.65 Å². The molecule has 0 saturated carbocycles. The van der Waals surface area contributed by atoms with Crippen molar-refractivity contribution in [3.8, 4) is 0 Å². The van der Waals surface area contributed by atoms with Crippen molar-refractivity contribution < 1.29 is 9.90 Å². The van der Waals surface area contributed by atoms with E-state index in [-0.39, 0.29) is 5.56 Å². The van der Waals surface area contributed by atoms with Crippen LogP contribution >= 0.6 is 0 Å². The second-order valence-corrected chi connectivity index (χ2v) is 2.58. The molecule has 0 bridgehead atoms. The molecule has 0 radical (unpaired) electrons. The molecule has 5 heteroatoms. The van der Waals surface area contributed by atoms with Gasteiger partial charge >= 0.3 is 5.97 Å². The van der Waals surface area contributed by atoms with E-state index in [9.17, 15) is 9.59 Å². The number of carbonyl (C=O) groups is 1. The first-order valence-electron chi connectivity index (χ1n) is 3.62. The molecule has 0 aromatic carbocycles. The number of fused-ring (bicyclic) bond motifs is 1. The molecule has 0 aliphatic rings. The average Bonchev–Trinajstić information content (AvgIpc) is 2.52. The Labute approximate surface area is 72.3 Å². The van der Waals surface area contributed by atoms with Gasteiger partial charge in [-0.3, -0.25) is 9.20 Å². The molecule has 2 rings (SSSR count). The van der Waals surface area contributed by atoms with Gasteiger partial charge in [-0.05, 0) is 12.1 Å². The number of hydrogen-bond donors (Lipinski definition) is 2. The Balaban J connectivity index is 2.89. The number of aromatic carboxylic acids is 1. The fourth-order valence-electron chi connectivity index (χ4n) is 1.17.